The lowest BCUT2D eigenvalue weighted by Gasteiger charge is -2.08. The van der Waals surface area contributed by atoms with Crippen molar-refractivity contribution < 1.29 is 18.3 Å². The summed E-state index contributed by atoms with van der Waals surface area (Å²) < 4.78 is 35.4. The van der Waals surface area contributed by atoms with Crippen LogP contribution in [0.1, 0.15) is 32.6 Å². The lowest BCUT2D eigenvalue weighted by Crippen LogP contribution is -2.25. The molecule has 0 rings (SSSR count). The van der Waals surface area contributed by atoms with Crippen LogP contribution in [0.4, 0.5) is 13.2 Å². The first kappa shape index (κ1) is 14.2. The van der Waals surface area contributed by atoms with E-state index < -0.39 is 12.3 Å². The first-order valence-electron chi connectivity index (χ1n) is 5.06. The number of aliphatic hydroxyl groups excluding tert-OH is 1. The molecule has 88 valence electrons. The van der Waals surface area contributed by atoms with Gasteiger partial charge in [-0.2, -0.15) is 13.2 Å². The van der Waals surface area contributed by atoms with E-state index in [2.05, 4.69) is 6.92 Å². The molecule has 4 heteroatoms. The molecule has 0 radical (unpaired) electrons. The quantitative estimate of drug-likeness (QED) is 0.537. The fourth-order valence-corrected chi connectivity index (χ4v) is 0.965. The molecule has 1 unspecified atom stereocenters. The van der Waals surface area contributed by atoms with Gasteiger partial charge in [-0.25, -0.2) is 0 Å². The van der Waals surface area contributed by atoms with Crippen molar-refractivity contribution in [3.05, 3.63) is 24.3 Å². The minimum absolute atomic E-state index is 0.732. The number of rotatable bonds is 6. The molecule has 1 atom stereocenters. The van der Waals surface area contributed by atoms with Gasteiger partial charge in [-0.05, 0) is 18.9 Å². The predicted octanol–water partition coefficient (Wildman–Crippen LogP) is 3.60. The molecule has 0 aromatic rings. The van der Waals surface area contributed by atoms with Crippen LogP contribution in [0.3, 0.4) is 0 Å². The molecule has 0 aliphatic rings. The van der Waals surface area contributed by atoms with Crippen molar-refractivity contribution >= 4 is 0 Å². The summed E-state index contributed by atoms with van der Waals surface area (Å²) in [5.74, 6) is 0. The van der Waals surface area contributed by atoms with Gasteiger partial charge in [0.2, 0.25) is 0 Å². The Morgan fingerprint density at radius 3 is 2.40 bits per heavy atom. The fourth-order valence-electron chi connectivity index (χ4n) is 0.965. The maximum absolute atomic E-state index is 11.8. The highest BCUT2D eigenvalue weighted by Gasteiger charge is 2.35. The largest absolute Gasteiger partial charge is 0.417 e. The van der Waals surface area contributed by atoms with Crippen molar-refractivity contribution in [2.75, 3.05) is 0 Å². The van der Waals surface area contributed by atoms with Crippen molar-refractivity contribution in [3.63, 3.8) is 0 Å². The number of allylic oxidation sites excluding steroid dienone is 3. The highest BCUT2D eigenvalue weighted by Crippen LogP contribution is 2.20. The Bertz CT molecular complexity index is 206. The molecule has 0 aliphatic heterocycles. The molecule has 0 bridgehead atoms. The molecule has 1 N–H and O–H groups in total. The molecule has 0 saturated heterocycles. The van der Waals surface area contributed by atoms with Crippen LogP contribution in [-0.4, -0.2) is 17.4 Å². The van der Waals surface area contributed by atoms with E-state index in [4.69, 9.17) is 5.11 Å². The zero-order chi connectivity index (χ0) is 11.7. The van der Waals surface area contributed by atoms with Gasteiger partial charge in [0.25, 0.3) is 0 Å². The molecule has 0 aromatic heterocycles. The molecule has 0 spiro atoms. The standard InChI is InChI=1S/C11H17F3O/c1-2-3-4-5-6-7-8-9-10(15)11(12,13)14/h6-10,15H,2-5H2,1H3/b7-6+,9-8+. The van der Waals surface area contributed by atoms with Crippen LogP contribution in [-0.2, 0) is 0 Å². The first-order chi connectivity index (χ1) is 6.98. The molecular formula is C11H17F3O. The van der Waals surface area contributed by atoms with Crippen LogP contribution in [0.2, 0.25) is 0 Å². The smallest absolute Gasteiger partial charge is 0.380 e. The van der Waals surface area contributed by atoms with Crippen LogP contribution in [0.5, 0.6) is 0 Å². The average molecular weight is 222 g/mol. The highest BCUT2D eigenvalue weighted by molar-refractivity contribution is 5.05. The second-order valence-electron chi connectivity index (χ2n) is 3.30. The van der Waals surface area contributed by atoms with Gasteiger partial charge in [0.05, 0.1) is 0 Å². The predicted molar refractivity (Wildman–Crippen MR) is 54.5 cm³/mol. The lowest BCUT2D eigenvalue weighted by molar-refractivity contribution is -0.187. The third-order valence-corrected chi connectivity index (χ3v) is 1.85. The van der Waals surface area contributed by atoms with Gasteiger partial charge in [0, 0.05) is 0 Å². The Morgan fingerprint density at radius 2 is 1.87 bits per heavy atom. The van der Waals surface area contributed by atoms with Gasteiger partial charge in [-0.15, -0.1) is 0 Å². The average Bonchev–Trinajstić information content (AvgIpc) is 2.14. The summed E-state index contributed by atoms with van der Waals surface area (Å²) in [4.78, 5) is 0. The summed E-state index contributed by atoms with van der Waals surface area (Å²) in [5.41, 5.74) is 0. The Hall–Kier alpha value is -0.770. The molecule has 0 aromatic carbocycles. The van der Waals surface area contributed by atoms with Gasteiger partial charge in [0.15, 0.2) is 6.10 Å². The zero-order valence-electron chi connectivity index (χ0n) is 8.80. The second-order valence-corrected chi connectivity index (χ2v) is 3.30. The summed E-state index contributed by atoms with van der Waals surface area (Å²) in [7, 11) is 0. The summed E-state index contributed by atoms with van der Waals surface area (Å²) in [6.07, 6.45) is 2.52. The molecule has 0 amide bonds. The molecule has 0 aliphatic carbocycles. The number of hydrogen-bond donors (Lipinski definition) is 1. The molecule has 0 fully saturated rings. The number of unbranched alkanes of at least 4 members (excludes halogenated alkanes) is 3. The third kappa shape index (κ3) is 8.24. The van der Waals surface area contributed by atoms with Crippen molar-refractivity contribution in [2.24, 2.45) is 0 Å². The Balaban J connectivity index is 3.70. The van der Waals surface area contributed by atoms with Crippen LogP contribution < -0.4 is 0 Å². The van der Waals surface area contributed by atoms with Gasteiger partial charge in [0.1, 0.15) is 0 Å². The topological polar surface area (TPSA) is 20.2 Å². The van der Waals surface area contributed by atoms with E-state index in [0.29, 0.717) is 0 Å². The summed E-state index contributed by atoms with van der Waals surface area (Å²) >= 11 is 0. The molecule has 1 nitrogen and oxygen atoms in total. The molecular weight excluding hydrogens is 205 g/mol. The number of alkyl halides is 3. The SMILES string of the molecule is CCCCC/C=C/C=C/C(O)C(F)(F)F. The van der Waals surface area contributed by atoms with Gasteiger partial charge < -0.3 is 5.11 Å². The summed E-state index contributed by atoms with van der Waals surface area (Å²) in [5, 5.41) is 8.58. The van der Waals surface area contributed by atoms with Crippen molar-refractivity contribution in [3.8, 4) is 0 Å². The molecule has 0 heterocycles. The van der Waals surface area contributed by atoms with E-state index in [1.54, 1.807) is 6.08 Å². The normalized spacial score (nSPS) is 15.3. The lowest BCUT2D eigenvalue weighted by atomic mass is 10.2. The van der Waals surface area contributed by atoms with Crippen LogP contribution in [0.25, 0.3) is 0 Å². The maximum atomic E-state index is 11.8. The number of aliphatic hydroxyl groups is 1. The third-order valence-electron chi connectivity index (χ3n) is 1.85. The fraction of sp³-hybridized carbons (Fsp3) is 0.636. The van der Waals surface area contributed by atoms with Gasteiger partial charge in [-0.3, -0.25) is 0 Å². The van der Waals surface area contributed by atoms with E-state index in [9.17, 15) is 13.2 Å². The van der Waals surface area contributed by atoms with E-state index in [-0.39, 0.29) is 0 Å². The van der Waals surface area contributed by atoms with E-state index in [0.717, 1.165) is 31.8 Å². The van der Waals surface area contributed by atoms with E-state index >= 15 is 0 Å². The number of halogens is 3. The highest BCUT2D eigenvalue weighted by atomic mass is 19.4. The molecule has 0 saturated carbocycles. The van der Waals surface area contributed by atoms with Gasteiger partial charge >= 0.3 is 6.18 Å². The Labute approximate surface area is 88.3 Å². The van der Waals surface area contributed by atoms with E-state index in [1.165, 1.54) is 12.2 Å². The van der Waals surface area contributed by atoms with Crippen LogP contribution >= 0.6 is 0 Å². The second kappa shape index (κ2) is 7.51. The minimum Gasteiger partial charge on any atom is -0.380 e. The summed E-state index contributed by atoms with van der Waals surface area (Å²) in [6.45, 7) is 2.09. The van der Waals surface area contributed by atoms with E-state index in [1.807, 2.05) is 0 Å². The molecule has 15 heavy (non-hydrogen) atoms. The van der Waals surface area contributed by atoms with Crippen molar-refractivity contribution in [1.29, 1.82) is 0 Å². The minimum atomic E-state index is -4.56. The maximum Gasteiger partial charge on any atom is 0.417 e. The monoisotopic (exact) mass is 222 g/mol. The zero-order valence-corrected chi connectivity index (χ0v) is 8.80. The Kier molecular flexibility index (Phi) is 7.13. The van der Waals surface area contributed by atoms with Gasteiger partial charge in [-0.1, -0.05) is 38.0 Å². The van der Waals surface area contributed by atoms with Crippen molar-refractivity contribution in [1.82, 2.24) is 0 Å². The summed E-state index contributed by atoms with van der Waals surface area (Å²) in [6, 6.07) is 0. The van der Waals surface area contributed by atoms with Crippen molar-refractivity contribution in [2.45, 2.75) is 44.9 Å². The van der Waals surface area contributed by atoms with Crippen LogP contribution in [0.15, 0.2) is 24.3 Å². The van der Waals surface area contributed by atoms with Crippen LogP contribution in [0, 0.1) is 0 Å². The number of hydrogen-bond acceptors (Lipinski definition) is 1. The Morgan fingerprint density at radius 1 is 1.20 bits per heavy atom. The first-order valence-corrected chi connectivity index (χ1v) is 5.06.